The maximum absolute atomic E-state index is 12.4. The molecule has 0 aromatic carbocycles. The third-order valence-corrected chi connectivity index (χ3v) is 3.23. The lowest BCUT2D eigenvalue weighted by Gasteiger charge is -2.28. The first kappa shape index (κ1) is 12.0. The number of hydrogen-bond donors (Lipinski definition) is 0. The van der Waals surface area contributed by atoms with E-state index in [9.17, 15) is 18.0 Å². The number of nitriles is 1. The van der Waals surface area contributed by atoms with Crippen LogP contribution in [0, 0.1) is 16.7 Å². The first-order valence-corrected chi connectivity index (χ1v) is 5.36. The zero-order valence-electron chi connectivity index (χ0n) is 9.05. The summed E-state index contributed by atoms with van der Waals surface area (Å²) in [5.74, 6) is -0.322. The lowest BCUT2D eigenvalue weighted by atomic mass is 10.0. The summed E-state index contributed by atoms with van der Waals surface area (Å²) in [5.41, 5.74) is -1.52. The number of carbonyl (C=O) groups is 1. The normalized spacial score (nSPS) is 22.7. The van der Waals surface area contributed by atoms with Gasteiger partial charge in [0.25, 0.3) is 0 Å². The molecule has 1 amide bonds. The number of amides is 1. The van der Waals surface area contributed by atoms with Crippen LogP contribution in [0.2, 0.25) is 0 Å². The number of hydrogen-bond acceptors (Lipinski definition) is 2. The highest BCUT2D eigenvalue weighted by Gasteiger charge is 2.52. The van der Waals surface area contributed by atoms with Crippen LogP contribution in [0.5, 0.6) is 0 Å². The molecule has 6 heteroatoms. The standard InChI is InChI=1S/C11H11F3N2O/c12-11(13,14)8-1-5-16(6-2-8)9(17)10(7-15)3-4-10/h1H,2-6H2. The Morgan fingerprint density at radius 1 is 1.47 bits per heavy atom. The van der Waals surface area contributed by atoms with Gasteiger partial charge >= 0.3 is 6.18 Å². The van der Waals surface area contributed by atoms with E-state index >= 15 is 0 Å². The number of rotatable bonds is 1. The molecule has 1 aliphatic carbocycles. The van der Waals surface area contributed by atoms with Crippen LogP contribution >= 0.6 is 0 Å². The molecule has 1 fully saturated rings. The van der Waals surface area contributed by atoms with E-state index in [-0.39, 0.29) is 25.4 Å². The van der Waals surface area contributed by atoms with Crippen LogP contribution in [-0.4, -0.2) is 30.1 Å². The van der Waals surface area contributed by atoms with E-state index in [0.717, 1.165) is 6.08 Å². The van der Waals surface area contributed by atoms with Crippen molar-refractivity contribution in [3.05, 3.63) is 11.6 Å². The SMILES string of the molecule is N#CC1(C(=O)N2CC=C(C(F)(F)F)CC2)CC1. The molecule has 0 saturated heterocycles. The zero-order chi connectivity index (χ0) is 12.7. The molecule has 1 heterocycles. The minimum atomic E-state index is -4.30. The van der Waals surface area contributed by atoms with Crippen LogP contribution in [0.1, 0.15) is 19.3 Å². The average Bonchev–Trinajstić information content (AvgIpc) is 3.08. The smallest absolute Gasteiger partial charge is 0.337 e. The molecule has 1 aliphatic heterocycles. The second-order valence-electron chi connectivity index (χ2n) is 4.42. The molecule has 0 aromatic heterocycles. The zero-order valence-corrected chi connectivity index (χ0v) is 9.05. The average molecular weight is 244 g/mol. The van der Waals surface area contributed by atoms with Gasteiger partial charge in [0.1, 0.15) is 5.41 Å². The molecule has 0 unspecified atom stereocenters. The van der Waals surface area contributed by atoms with Gasteiger partial charge in [-0.1, -0.05) is 6.08 Å². The van der Waals surface area contributed by atoms with Gasteiger partial charge in [0, 0.05) is 18.7 Å². The molecule has 0 radical (unpaired) electrons. The summed E-state index contributed by atoms with van der Waals surface area (Å²) in [4.78, 5) is 13.2. The highest BCUT2D eigenvalue weighted by molar-refractivity contribution is 5.88. The third kappa shape index (κ3) is 2.14. The summed E-state index contributed by atoms with van der Waals surface area (Å²) in [6.07, 6.45) is -2.41. The molecule has 2 rings (SSSR count). The Labute approximate surface area is 96.5 Å². The van der Waals surface area contributed by atoms with Gasteiger partial charge in [-0.05, 0) is 19.3 Å². The van der Waals surface area contributed by atoms with Crippen LogP contribution < -0.4 is 0 Å². The number of nitrogens with zero attached hydrogens (tertiary/aromatic N) is 2. The van der Waals surface area contributed by atoms with Crippen LogP contribution in [0.15, 0.2) is 11.6 Å². The predicted molar refractivity (Wildman–Crippen MR) is 52.6 cm³/mol. The molecule has 17 heavy (non-hydrogen) atoms. The molecule has 0 aromatic rings. The quantitative estimate of drug-likeness (QED) is 0.662. The lowest BCUT2D eigenvalue weighted by Crippen LogP contribution is -2.40. The first-order valence-electron chi connectivity index (χ1n) is 5.36. The Balaban J connectivity index is 2.03. The fourth-order valence-corrected chi connectivity index (χ4v) is 1.91. The van der Waals surface area contributed by atoms with Crippen molar-refractivity contribution in [2.45, 2.75) is 25.4 Å². The van der Waals surface area contributed by atoms with Crippen molar-refractivity contribution in [1.29, 1.82) is 5.26 Å². The van der Waals surface area contributed by atoms with Crippen LogP contribution in [0.3, 0.4) is 0 Å². The third-order valence-electron chi connectivity index (χ3n) is 3.23. The van der Waals surface area contributed by atoms with Gasteiger partial charge in [0.05, 0.1) is 6.07 Å². The molecule has 3 nitrogen and oxygen atoms in total. The van der Waals surface area contributed by atoms with E-state index in [1.54, 1.807) is 0 Å². The summed E-state index contributed by atoms with van der Waals surface area (Å²) in [7, 11) is 0. The monoisotopic (exact) mass is 244 g/mol. The Hall–Kier alpha value is -1.51. The molecule has 0 bridgehead atoms. The van der Waals surface area contributed by atoms with Crippen molar-refractivity contribution in [3.8, 4) is 6.07 Å². The number of alkyl halides is 3. The Kier molecular flexibility index (Phi) is 2.64. The second kappa shape index (κ2) is 3.76. The minimum Gasteiger partial charge on any atom is -0.337 e. The maximum Gasteiger partial charge on any atom is 0.412 e. The van der Waals surface area contributed by atoms with Crippen molar-refractivity contribution in [1.82, 2.24) is 4.90 Å². The fourth-order valence-electron chi connectivity index (χ4n) is 1.91. The number of halogens is 3. The largest absolute Gasteiger partial charge is 0.412 e. The van der Waals surface area contributed by atoms with Crippen molar-refractivity contribution < 1.29 is 18.0 Å². The lowest BCUT2D eigenvalue weighted by molar-refractivity contribution is -0.135. The molecule has 0 N–H and O–H groups in total. The molecule has 2 aliphatic rings. The van der Waals surface area contributed by atoms with Gasteiger partial charge in [-0.2, -0.15) is 18.4 Å². The molecule has 0 atom stereocenters. The van der Waals surface area contributed by atoms with Gasteiger partial charge in [0.15, 0.2) is 0 Å². The molecular weight excluding hydrogens is 233 g/mol. The topological polar surface area (TPSA) is 44.1 Å². The van der Waals surface area contributed by atoms with E-state index in [2.05, 4.69) is 0 Å². The minimum absolute atomic E-state index is 0.0445. The maximum atomic E-state index is 12.4. The van der Waals surface area contributed by atoms with Crippen molar-refractivity contribution in [2.24, 2.45) is 5.41 Å². The molecule has 92 valence electrons. The predicted octanol–water partition coefficient (Wildman–Crippen LogP) is 2.01. The van der Waals surface area contributed by atoms with E-state index in [4.69, 9.17) is 5.26 Å². The summed E-state index contributed by atoms with van der Waals surface area (Å²) in [6, 6.07) is 1.96. The highest BCUT2D eigenvalue weighted by Crippen LogP contribution is 2.47. The second-order valence-corrected chi connectivity index (χ2v) is 4.42. The Morgan fingerprint density at radius 2 is 2.12 bits per heavy atom. The highest BCUT2D eigenvalue weighted by atomic mass is 19.4. The van der Waals surface area contributed by atoms with Gasteiger partial charge < -0.3 is 4.90 Å². The molecular formula is C11H11F3N2O. The molecule has 0 spiro atoms. The van der Waals surface area contributed by atoms with E-state index in [1.807, 2.05) is 6.07 Å². The first-order chi connectivity index (χ1) is 7.89. The van der Waals surface area contributed by atoms with Crippen molar-refractivity contribution in [2.75, 3.05) is 13.1 Å². The van der Waals surface area contributed by atoms with Gasteiger partial charge in [-0.3, -0.25) is 4.79 Å². The number of carbonyl (C=O) groups excluding carboxylic acids is 1. The summed E-state index contributed by atoms with van der Waals surface area (Å²) in [6.45, 7) is 0.00468. The van der Waals surface area contributed by atoms with Crippen LogP contribution in [0.4, 0.5) is 13.2 Å². The van der Waals surface area contributed by atoms with Gasteiger partial charge in [-0.15, -0.1) is 0 Å². The van der Waals surface area contributed by atoms with E-state index in [1.165, 1.54) is 4.90 Å². The summed E-state index contributed by atoms with van der Waals surface area (Å²) >= 11 is 0. The Morgan fingerprint density at radius 3 is 2.47 bits per heavy atom. The molecule has 1 saturated carbocycles. The van der Waals surface area contributed by atoms with Crippen LogP contribution in [0.25, 0.3) is 0 Å². The van der Waals surface area contributed by atoms with E-state index < -0.39 is 17.2 Å². The fraction of sp³-hybridized carbons (Fsp3) is 0.636. The van der Waals surface area contributed by atoms with Gasteiger partial charge in [-0.25, -0.2) is 0 Å². The summed E-state index contributed by atoms with van der Waals surface area (Å²) < 4.78 is 37.1. The Bertz CT molecular complexity index is 415. The van der Waals surface area contributed by atoms with Crippen LogP contribution in [-0.2, 0) is 4.79 Å². The summed E-state index contributed by atoms with van der Waals surface area (Å²) in [5, 5.41) is 8.85. The van der Waals surface area contributed by atoms with Crippen molar-refractivity contribution >= 4 is 5.91 Å². The van der Waals surface area contributed by atoms with E-state index in [0.29, 0.717) is 12.8 Å². The van der Waals surface area contributed by atoms with Gasteiger partial charge in [0.2, 0.25) is 5.91 Å². The van der Waals surface area contributed by atoms with Crippen molar-refractivity contribution in [3.63, 3.8) is 0 Å².